The zero-order chi connectivity index (χ0) is 18.9. The van der Waals surface area contributed by atoms with Gasteiger partial charge in [-0.25, -0.2) is 4.98 Å². The molecule has 1 saturated heterocycles. The number of carbonyl (C=O) groups excluding carboxylic acids is 1. The minimum atomic E-state index is -0.299. The van der Waals surface area contributed by atoms with Gasteiger partial charge in [0.1, 0.15) is 5.82 Å². The van der Waals surface area contributed by atoms with E-state index in [9.17, 15) is 4.79 Å². The number of likely N-dealkylation sites (tertiary alicyclic amines) is 1. The third-order valence-corrected chi connectivity index (χ3v) is 5.28. The summed E-state index contributed by atoms with van der Waals surface area (Å²) in [7, 11) is 2.01. The summed E-state index contributed by atoms with van der Waals surface area (Å²) >= 11 is 0. The molecule has 0 aromatic carbocycles. The summed E-state index contributed by atoms with van der Waals surface area (Å²) in [6.45, 7) is 9.75. The van der Waals surface area contributed by atoms with E-state index in [-0.39, 0.29) is 11.3 Å². The van der Waals surface area contributed by atoms with E-state index < -0.39 is 0 Å². The monoisotopic (exact) mass is 354 g/mol. The van der Waals surface area contributed by atoms with E-state index in [0.717, 1.165) is 43.1 Å². The summed E-state index contributed by atoms with van der Waals surface area (Å²) in [4.78, 5) is 23.6. The summed E-state index contributed by atoms with van der Waals surface area (Å²) in [5.41, 5.74) is 2.92. The molecule has 26 heavy (non-hydrogen) atoms. The number of carbonyl (C=O) groups is 1. The Kier molecular flexibility index (Phi) is 5.17. The second-order valence-corrected chi connectivity index (χ2v) is 8.51. The van der Waals surface area contributed by atoms with Gasteiger partial charge in [0, 0.05) is 31.7 Å². The molecule has 140 valence electrons. The van der Waals surface area contributed by atoms with E-state index in [1.165, 1.54) is 12.0 Å². The van der Waals surface area contributed by atoms with Crippen LogP contribution in [0.1, 0.15) is 45.0 Å². The molecule has 2 aromatic rings. The van der Waals surface area contributed by atoms with Gasteiger partial charge in [0.2, 0.25) is 5.91 Å². The van der Waals surface area contributed by atoms with Gasteiger partial charge in [0.05, 0.1) is 17.6 Å². The number of hydrogen-bond acceptors (Lipinski definition) is 3. The zero-order valence-electron chi connectivity index (χ0n) is 16.6. The van der Waals surface area contributed by atoms with E-state index in [4.69, 9.17) is 0 Å². The van der Waals surface area contributed by atoms with Crippen LogP contribution in [0.5, 0.6) is 0 Å². The van der Waals surface area contributed by atoms with Gasteiger partial charge in [-0.3, -0.25) is 9.78 Å². The van der Waals surface area contributed by atoms with Gasteiger partial charge in [0.25, 0.3) is 0 Å². The van der Waals surface area contributed by atoms with Crippen molar-refractivity contribution in [3.05, 3.63) is 35.9 Å². The number of nitrogens with zero attached hydrogens (tertiary/aromatic N) is 4. The van der Waals surface area contributed by atoms with Crippen molar-refractivity contribution in [1.29, 1.82) is 0 Å². The number of rotatable bonds is 3. The highest BCUT2D eigenvalue weighted by Gasteiger charge is 2.30. The highest BCUT2D eigenvalue weighted by atomic mass is 16.2. The third kappa shape index (κ3) is 3.97. The Balaban J connectivity index is 1.65. The molecule has 3 rings (SSSR count). The molecule has 3 heterocycles. The summed E-state index contributed by atoms with van der Waals surface area (Å²) in [5, 5.41) is 0. The van der Waals surface area contributed by atoms with Gasteiger partial charge < -0.3 is 9.47 Å². The molecule has 0 aliphatic carbocycles. The van der Waals surface area contributed by atoms with Crippen molar-refractivity contribution in [3.63, 3.8) is 0 Å². The second kappa shape index (κ2) is 7.22. The number of piperidine rings is 1. The first kappa shape index (κ1) is 18.6. The molecule has 0 unspecified atom stereocenters. The van der Waals surface area contributed by atoms with Crippen molar-refractivity contribution in [3.8, 4) is 11.4 Å². The van der Waals surface area contributed by atoms with Crippen LogP contribution in [0.3, 0.4) is 0 Å². The number of imidazole rings is 1. The summed E-state index contributed by atoms with van der Waals surface area (Å²) in [6, 6.07) is 4.24. The van der Waals surface area contributed by atoms with Gasteiger partial charge in [-0.05, 0) is 43.7 Å². The van der Waals surface area contributed by atoms with Crippen LogP contribution in [0.4, 0.5) is 0 Å². The van der Waals surface area contributed by atoms with Gasteiger partial charge >= 0.3 is 0 Å². The molecule has 0 N–H and O–H groups in total. The number of aryl methyl sites for hydroxylation is 1. The van der Waals surface area contributed by atoms with Crippen molar-refractivity contribution < 1.29 is 4.79 Å². The van der Waals surface area contributed by atoms with E-state index in [1.54, 1.807) is 0 Å². The van der Waals surface area contributed by atoms with E-state index in [1.807, 2.05) is 52.0 Å². The normalized spacial score (nSPS) is 18.2. The summed E-state index contributed by atoms with van der Waals surface area (Å²) in [5.74, 6) is 1.76. The lowest BCUT2D eigenvalue weighted by Crippen LogP contribution is -2.45. The van der Waals surface area contributed by atoms with Gasteiger partial charge in [-0.15, -0.1) is 0 Å². The highest BCUT2D eigenvalue weighted by molar-refractivity contribution is 5.81. The first-order valence-corrected chi connectivity index (χ1v) is 9.48. The number of aromatic nitrogens is 3. The summed E-state index contributed by atoms with van der Waals surface area (Å²) < 4.78 is 2.05. The van der Waals surface area contributed by atoms with Crippen LogP contribution in [0.15, 0.2) is 24.5 Å². The molecule has 1 amide bonds. The predicted octanol–water partition coefficient (Wildman–Crippen LogP) is 3.62. The van der Waals surface area contributed by atoms with Gasteiger partial charge in [-0.1, -0.05) is 26.8 Å². The quantitative estimate of drug-likeness (QED) is 0.846. The standard InChI is InChI=1S/C21H30N4O/c1-15-22-13-19(24(15)5)18-9-8-16(12-23-18)11-17-7-6-10-25(14-17)20(26)21(2,3)4/h8-9,12-13,17H,6-7,10-11,14H2,1-5H3/t17-/m1/s1. The fourth-order valence-corrected chi connectivity index (χ4v) is 3.66. The lowest BCUT2D eigenvalue weighted by Gasteiger charge is -2.36. The van der Waals surface area contributed by atoms with Crippen molar-refractivity contribution in [2.24, 2.45) is 18.4 Å². The SMILES string of the molecule is Cc1ncc(-c2ccc(C[C@H]3CCCN(C(=O)C(C)(C)C)C3)cn2)n1C. The highest BCUT2D eigenvalue weighted by Crippen LogP contribution is 2.26. The van der Waals surface area contributed by atoms with Crippen molar-refractivity contribution in [2.45, 2.75) is 47.0 Å². The minimum absolute atomic E-state index is 0.266. The average Bonchev–Trinajstić information content (AvgIpc) is 2.94. The average molecular weight is 354 g/mol. The molecule has 1 fully saturated rings. The van der Waals surface area contributed by atoms with Crippen LogP contribution in [-0.4, -0.2) is 38.4 Å². The molecular formula is C21H30N4O. The minimum Gasteiger partial charge on any atom is -0.342 e. The molecular weight excluding hydrogens is 324 g/mol. The topological polar surface area (TPSA) is 51.0 Å². The second-order valence-electron chi connectivity index (χ2n) is 8.51. The molecule has 1 aliphatic rings. The van der Waals surface area contributed by atoms with Crippen LogP contribution >= 0.6 is 0 Å². The Morgan fingerprint density at radius 2 is 2.00 bits per heavy atom. The van der Waals surface area contributed by atoms with Crippen LogP contribution in [0.2, 0.25) is 0 Å². The van der Waals surface area contributed by atoms with Crippen LogP contribution in [0.25, 0.3) is 11.4 Å². The number of pyridine rings is 1. The lowest BCUT2D eigenvalue weighted by atomic mass is 9.88. The van der Waals surface area contributed by atoms with Crippen LogP contribution < -0.4 is 0 Å². The first-order chi connectivity index (χ1) is 12.3. The van der Waals surface area contributed by atoms with Crippen LogP contribution in [0, 0.1) is 18.3 Å². The van der Waals surface area contributed by atoms with Crippen molar-refractivity contribution in [1.82, 2.24) is 19.4 Å². The Labute approximate surface area is 156 Å². The fourth-order valence-electron chi connectivity index (χ4n) is 3.66. The molecule has 5 nitrogen and oxygen atoms in total. The largest absolute Gasteiger partial charge is 0.342 e. The zero-order valence-corrected chi connectivity index (χ0v) is 16.6. The van der Waals surface area contributed by atoms with E-state index >= 15 is 0 Å². The Morgan fingerprint density at radius 1 is 1.23 bits per heavy atom. The maximum absolute atomic E-state index is 12.6. The van der Waals surface area contributed by atoms with E-state index in [2.05, 4.69) is 26.7 Å². The maximum atomic E-state index is 12.6. The number of amides is 1. The maximum Gasteiger partial charge on any atom is 0.227 e. The van der Waals surface area contributed by atoms with E-state index in [0.29, 0.717) is 5.92 Å². The van der Waals surface area contributed by atoms with Crippen molar-refractivity contribution in [2.75, 3.05) is 13.1 Å². The third-order valence-electron chi connectivity index (χ3n) is 5.28. The molecule has 2 aromatic heterocycles. The summed E-state index contributed by atoms with van der Waals surface area (Å²) in [6.07, 6.45) is 7.09. The Morgan fingerprint density at radius 3 is 2.58 bits per heavy atom. The first-order valence-electron chi connectivity index (χ1n) is 9.48. The molecule has 0 spiro atoms. The van der Waals surface area contributed by atoms with Gasteiger partial charge in [-0.2, -0.15) is 0 Å². The molecule has 5 heteroatoms. The van der Waals surface area contributed by atoms with Crippen LogP contribution in [-0.2, 0) is 18.3 Å². The Hall–Kier alpha value is -2.17. The Bertz CT molecular complexity index is 770. The fraction of sp³-hybridized carbons (Fsp3) is 0.571. The van der Waals surface area contributed by atoms with Gasteiger partial charge in [0.15, 0.2) is 0 Å². The molecule has 1 aliphatic heterocycles. The molecule has 0 radical (unpaired) electrons. The predicted molar refractivity (Wildman–Crippen MR) is 104 cm³/mol. The molecule has 0 saturated carbocycles. The molecule has 1 atom stereocenters. The lowest BCUT2D eigenvalue weighted by molar-refractivity contribution is -0.141. The van der Waals surface area contributed by atoms with Crippen molar-refractivity contribution >= 4 is 5.91 Å². The molecule has 0 bridgehead atoms. The number of hydrogen-bond donors (Lipinski definition) is 0. The smallest absolute Gasteiger partial charge is 0.227 e.